The van der Waals surface area contributed by atoms with Gasteiger partial charge in [0.05, 0.1) is 19.8 Å². The van der Waals surface area contributed by atoms with Crippen molar-refractivity contribution in [2.75, 3.05) is 21.3 Å². The second-order valence-electron chi connectivity index (χ2n) is 8.36. The van der Waals surface area contributed by atoms with Crippen molar-refractivity contribution in [3.8, 4) is 11.5 Å². The van der Waals surface area contributed by atoms with Gasteiger partial charge in [-0.15, -0.1) is 0 Å². The summed E-state index contributed by atoms with van der Waals surface area (Å²) in [6.45, 7) is 8.84. The Bertz CT molecular complexity index is 620. The molecular weight excluding hydrogens is 336 g/mol. The predicted octanol–water partition coefficient (Wildman–Crippen LogP) is 6.30. The van der Waals surface area contributed by atoms with Crippen molar-refractivity contribution in [2.45, 2.75) is 77.7 Å². The second kappa shape index (κ2) is 9.64. The fourth-order valence-corrected chi connectivity index (χ4v) is 4.33. The van der Waals surface area contributed by atoms with E-state index in [4.69, 9.17) is 14.2 Å². The molecule has 2 unspecified atom stereocenters. The van der Waals surface area contributed by atoms with Crippen molar-refractivity contribution in [1.29, 1.82) is 0 Å². The van der Waals surface area contributed by atoms with Gasteiger partial charge in [0.1, 0.15) is 11.5 Å². The molecule has 3 heteroatoms. The van der Waals surface area contributed by atoms with E-state index in [1.807, 2.05) is 7.11 Å². The van der Waals surface area contributed by atoms with Crippen molar-refractivity contribution >= 4 is 0 Å². The Morgan fingerprint density at radius 1 is 1.04 bits per heavy atom. The number of methoxy groups -OCH3 is 3. The summed E-state index contributed by atoms with van der Waals surface area (Å²) >= 11 is 0. The van der Waals surface area contributed by atoms with Gasteiger partial charge in [-0.25, -0.2) is 0 Å². The van der Waals surface area contributed by atoms with Crippen LogP contribution >= 0.6 is 0 Å². The number of hydrogen-bond donors (Lipinski definition) is 0. The lowest BCUT2D eigenvalue weighted by atomic mass is 9.69. The Morgan fingerprint density at radius 2 is 1.67 bits per heavy atom. The van der Waals surface area contributed by atoms with E-state index < -0.39 is 0 Å². The highest BCUT2D eigenvalue weighted by Gasteiger charge is 2.39. The third kappa shape index (κ3) is 5.07. The number of unbranched alkanes of at least 4 members (excludes halogenated alkanes) is 2. The Morgan fingerprint density at radius 3 is 2.19 bits per heavy atom. The van der Waals surface area contributed by atoms with Gasteiger partial charge in [0.2, 0.25) is 0 Å². The van der Waals surface area contributed by atoms with E-state index in [1.54, 1.807) is 14.2 Å². The van der Waals surface area contributed by atoms with E-state index in [0.717, 1.165) is 36.3 Å². The molecule has 1 aromatic carbocycles. The van der Waals surface area contributed by atoms with Crippen molar-refractivity contribution in [2.24, 2.45) is 5.92 Å². The standard InChI is InChI=1S/C24H38O3/c1-8-9-10-11-18-15-21(25-5)23(22(16-18)26-6)19-14-17(2)12-13-20(19)24(3,4)27-7/h14-16,19-20H,8-13H2,1-7H3. The SMILES string of the molecule is CCCCCc1cc(OC)c(C2C=C(C)CCC2C(C)(C)OC)c(OC)c1. The Labute approximate surface area is 166 Å². The Balaban J connectivity index is 2.51. The van der Waals surface area contributed by atoms with Gasteiger partial charge in [-0.2, -0.15) is 0 Å². The van der Waals surface area contributed by atoms with Crippen LogP contribution in [0.2, 0.25) is 0 Å². The minimum absolute atomic E-state index is 0.211. The molecule has 1 aliphatic rings. The molecule has 1 aliphatic carbocycles. The number of benzene rings is 1. The van der Waals surface area contributed by atoms with Crippen LogP contribution in [0, 0.1) is 5.92 Å². The highest BCUT2D eigenvalue weighted by atomic mass is 16.5. The maximum absolute atomic E-state index is 5.89. The minimum Gasteiger partial charge on any atom is -0.496 e. The molecular formula is C24H38O3. The Kier molecular flexibility index (Phi) is 7.79. The van der Waals surface area contributed by atoms with E-state index in [2.05, 4.69) is 45.9 Å². The lowest BCUT2D eigenvalue weighted by Gasteiger charge is -2.41. The minimum atomic E-state index is -0.211. The first-order valence-electron chi connectivity index (χ1n) is 10.3. The molecule has 2 atom stereocenters. The summed E-state index contributed by atoms with van der Waals surface area (Å²) in [7, 11) is 5.35. The molecule has 0 aromatic heterocycles. The van der Waals surface area contributed by atoms with Crippen molar-refractivity contribution in [1.82, 2.24) is 0 Å². The third-order valence-electron chi connectivity index (χ3n) is 6.17. The highest BCUT2D eigenvalue weighted by Crippen LogP contribution is 2.49. The normalized spacial score (nSPS) is 20.3. The summed E-state index contributed by atoms with van der Waals surface area (Å²) in [5, 5.41) is 0. The topological polar surface area (TPSA) is 27.7 Å². The van der Waals surface area contributed by atoms with E-state index >= 15 is 0 Å². The maximum atomic E-state index is 5.89. The second-order valence-corrected chi connectivity index (χ2v) is 8.36. The summed E-state index contributed by atoms with van der Waals surface area (Å²) in [6, 6.07) is 4.42. The molecule has 0 spiro atoms. The smallest absolute Gasteiger partial charge is 0.126 e. The molecule has 0 N–H and O–H groups in total. The van der Waals surface area contributed by atoms with Gasteiger partial charge < -0.3 is 14.2 Å². The number of ether oxygens (including phenoxy) is 3. The van der Waals surface area contributed by atoms with Gasteiger partial charge in [-0.1, -0.05) is 31.4 Å². The summed E-state index contributed by atoms with van der Waals surface area (Å²) in [5.74, 6) is 2.48. The first kappa shape index (κ1) is 21.8. The molecule has 0 saturated heterocycles. The number of allylic oxidation sites excluding steroid dienone is 2. The van der Waals surface area contributed by atoms with E-state index in [-0.39, 0.29) is 11.5 Å². The molecule has 0 saturated carbocycles. The van der Waals surface area contributed by atoms with Crippen LogP contribution in [0.25, 0.3) is 0 Å². The van der Waals surface area contributed by atoms with Crippen LogP contribution < -0.4 is 9.47 Å². The van der Waals surface area contributed by atoms with Crippen LogP contribution in [-0.2, 0) is 11.2 Å². The first-order chi connectivity index (χ1) is 12.9. The number of rotatable bonds is 9. The molecule has 0 amide bonds. The van der Waals surface area contributed by atoms with Gasteiger partial charge in [-0.3, -0.25) is 0 Å². The fraction of sp³-hybridized carbons (Fsp3) is 0.667. The molecule has 152 valence electrons. The largest absolute Gasteiger partial charge is 0.496 e. The van der Waals surface area contributed by atoms with E-state index in [0.29, 0.717) is 5.92 Å². The van der Waals surface area contributed by atoms with Gasteiger partial charge in [0.15, 0.2) is 0 Å². The summed E-state index contributed by atoms with van der Waals surface area (Å²) in [4.78, 5) is 0. The maximum Gasteiger partial charge on any atom is 0.126 e. The molecule has 0 bridgehead atoms. The third-order valence-corrected chi connectivity index (χ3v) is 6.17. The zero-order valence-corrected chi connectivity index (χ0v) is 18.4. The van der Waals surface area contributed by atoms with Crippen LogP contribution in [-0.4, -0.2) is 26.9 Å². The summed E-state index contributed by atoms with van der Waals surface area (Å²) in [5.41, 5.74) is 3.67. The molecule has 1 aromatic rings. The van der Waals surface area contributed by atoms with Crippen molar-refractivity contribution in [3.05, 3.63) is 34.9 Å². The van der Waals surface area contributed by atoms with E-state index in [9.17, 15) is 0 Å². The molecule has 0 aliphatic heterocycles. The molecule has 0 fully saturated rings. The monoisotopic (exact) mass is 374 g/mol. The summed E-state index contributed by atoms with van der Waals surface area (Å²) < 4.78 is 17.6. The molecule has 3 nitrogen and oxygen atoms in total. The lowest BCUT2D eigenvalue weighted by Crippen LogP contribution is -2.38. The molecule has 0 heterocycles. The first-order valence-corrected chi connectivity index (χ1v) is 10.3. The van der Waals surface area contributed by atoms with Gasteiger partial charge >= 0.3 is 0 Å². The van der Waals surface area contributed by atoms with Crippen molar-refractivity contribution < 1.29 is 14.2 Å². The van der Waals surface area contributed by atoms with Gasteiger partial charge in [-0.05, 0) is 70.1 Å². The summed E-state index contributed by atoms with van der Waals surface area (Å²) in [6.07, 6.45) is 9.36. The van der Waals surface area contributed by atoms with Crippen LogP contribution in [0.5, 0.6) is 11.5 Å². The number of hydrogen-bond acceptors (Lipinski definition) is 3. The Hall–Kier alpha value is -1.48. The lowest BCUT2D eigenvalue weighted by molar-refractivity contribution is -0.0376. The van der Waals surface area contributed by atoms with Crippen LogP contribution in [0.3, 0.4) is 0 Å². The van der Waals surface area contributed by atoms with Crippen LogP contribution in [0.15, 0.2) is 23.8 Å². The van der Waals surface area contributed by atoms with Gasteiger partial charge in [0, 0.05) is 18.6 Å². The quantitative estimate of drug-likeness (QED) is 0.375. The highest BCUT2D eigenvalue weighted by molar-refractivity contribution is 5.53. The van der Waals surface area contributed by atoms with Crippen molar-refractivity contribution in [3.63, 3.8) is 0 Å². The average molecular weight is 375 g/mol. The van der Waals surface area contributed by atoms with Crippen LogP contribution in [0.4, 0.5) is 0 Å². The predicted molar refractivity (Wildman–Crippen MR) is 113 cm³/mol. The van der Waals surface area contributed by atoms with Crippen LogP contribution in [0.1, 0.15) is 76.8 Å². The zero-order chi connectivity index (χ0) is 20.0. The molecule has 2 rings (SSSR count). The number of aryl methyl sites for hydroxylation is 1. The molecule has 0 radical (unpaired) electrons. The molecule has 27 heavy (non-hydrogen) atoms. The average Bonchev–Trinajstić information content (AvgIpc) is 2.67. The zero-order valence-electron chi connectivity index (χ0n) is 18.4. The fourth-order valence-electron chi connectivity index (χ4n) is 4.33. The van der Waals surface area contributed by atoms with Gasteiger partial charge in [0.25, 0.3) is 0 Å². The van der Waals surface area contributed by atoms with E-state index in [1.165, 1.54) is 30.4 Å².